The number of hydrogen-bond donors (Lipinski definition) is 2. The summed E-state index contributed by atoms with van der Waals surface area (Å²) in [6.07, 6.45) is 2.67. The zero-order valence-corrected chi connectivity index (χ0v) is 16.1. The van der Waals surface area contributed by atoms with Gasteiger partial charge in [0.05, 0.1) is 32.3 Å². The Hall–Kier alpha value is -1.69. The lowest BCUT2D eigenvalue weighted by Gasteiger charge is -2.34. The number of benzene rings is 2. The summed E-state index contributed by atoms with van der Waals surface area (Å²) in [5, 5.41) is 7.02. The van der Waals surface area contributed by atoms with Gasteiger partial charge in [0.2, 0.25) is 0 Å². The van der Waals surface area contributed by atoms with Crippen LogP contribution in [0.3, 0.4) is 0 Å². The third-order valence-corrected chi connectivity index (χ3v) is 5.99. The van der Waals surface area contributed by atoms with Crippen molar-refractivity contribution in [2.75, 3.05) is 39.3 Å². The summed E-state index contributed by atoms with van der Waals surface area (Å²) in [7, 11) is 0. The van der Waals surface area contributed by atoms with Crippen molar-refractivity contribution in [1.29, 1.82) is 0 Å². The molecule has 0 radical (unpaired) electrons. The number of ether oxygens (including phenoxy) is 1. The number of nitrogens with zero attached hydrogens (tertiary/aromatic N) is 1. The molecular weight excluding hydrogens is 342 g/mol. The summed E-state index contributed by atoms with van der Waals surface area (Å²) in [5.41, 5.74) is 1.45. The van der Waals surface area contributed by atoms with Gasteiger partial charge in [0, 0.05) is 18.7 Å². The Balaban J connectivity index is 1.28. The molecule has 138 valence electrons. The van der Waals surface area contributed by atoms with Crippen molar-refractivity contribution in [2.24, 2.45) is 0 Å². The van der Waals surface area contributed by atoms with E-state index in [1.165, 1.54) is 22.8 Å². The van der Waals surface area contributed by atoms with Gasteiger partial charge in [0.15, 0.2) is 5.11 Å². The Morgan fingerprint density at radius 3 is 2.77 bits per heavy atom. The van der Waals surface area contributed by atoms with Crippen LogP contribution in [-0.2, 0) is 11.3 Å². The van der Waals surface area contributed by atoms with E-state index in [1.807, 2.05) is 0 Å². The predicted octanol–water partition coefficient (Wildman–Crippen LogP) is 1.59. The molecular formula is C21H28N3OS+. The molecule has 2 aromatic carbocycles. The predicted molar refractivity (Wildman–Crippen MR) is 109 cm³/mol. The lowest BCUT2D eigenvalue weighted by atomic mass is 10.0. The molecule has 2 heterocycles. The number of nitrogens with one attached hydrogen (secondary N) is 2. The maximum Gasteiger partial charge on any atom is 0.169 e. The van der Waals surface area contributed by atoms with Crippen LogP contribution in [0.25, 0.3) is 10.8 Å². The molecule has 2 saturated heterocycles. The SMILES string of the molecule is S=C(NC[C@@H]1CCCO1)N1CC[NH+](Cc2cccc3ccccc23)CC1. The highest BCUT2D eigenvalue weighted by atomic mass is 32.1. The number of thiocarbonyl (C=S) groups is 1. The quantitative estimate of drug-likeness (QED) is 0.800. The van der Waals surface area contributed by atoms with Gasteiger partial charge in [-0.15, -0.1) is 0 Å². The molecule has 2 aliphatic heterocycles. The van der Waals surface area contributed by atoms with E-state index in [-0.39, 0.29) is 0 Å². The monoisotopic (exact) mass is 370 g/mol. The Morgan fingerprint density at radius 2 is 1.96 bits per heavy atom. The summed E-state index contributed by atoms with van der Waals surface area (Å²) in [4.78, 5) is 3.95. The number of fused-ring (bicyclic) bond motifs is 1. The Kier molecular flexibility index (Phi) is 5.68. The summed E-state index contributed by atoms with van der Waals surface area (Å²) < 4.78 is 5.66. The van der Waals surface area contributed by atoms with Gasteiger partial charge < -0.3 is 19.9 Å². The molecule has 0 unspecified atom stereocenters. The fourth-order valence-corrected chi connectivity index (χ4v) is 4.30. The summed E-state index contributed by atoms with van der Waals surface area (Å²) in [6, 6.07) is 15.3. The zero-order chi connectivity index (χ0) is 17.8. The summed E-state index contributed by atoms with van der Waals surface area (Å²) >= 11 is 5.59. The van der Waals surface area contributed by atoms with E-state index < -0.39 is 0 Å². The van der Waals surface area contributed by atoms with Crippen LogP contribution in [0.2, 0.25) is 0 Å². The first-order chi connectivity index (χ1) is 12.8. The van der Waals surface area contributed by atoms with E-state index in [2.05, 4.69) is 52.7 Å². The van der Waals surface area contributed by atoms with E-state index in [0.717, 1.165) is 57.4 Å². The van der Waals surface area contributed by atoms with Crippen molar-refractivity contribution in [3.05, 3.63) is 48.0 Å². The molecule has 5 heteroatoms. The Morgan fingerprint density at radius 1 is 1.15 bits per heavy atom. The minimum atomic E-state index is 0.339. The van der Waals surface area contributed by atoms with Gasteiger partial charge in [-0.1, -0.05) is 42.5 Å². The minimum Gasteiger partial charge on any atom is -0.376 e. The highest BCUT2D eigenvalue weighted by molar-refractivity contribution is 7.80. The first-order valence-corrected chi connectivity index (χ1v) is 10.1. The van der Waals surface area contributed by atoms with E-state index in [9.17, 15) is 0 Å². The third-order valence-electron chi connectivity index (χ3n) is 5.58. The average molecular weight is 371 g/mol. The molecule has 2 fully saturated rings. The molecule has 2 aromatic rings. The second kappa shape index (κ2) is 8.33. The number of quaternary nitrogens is 1. The lowest BCUT2D eigenvalue weighted by molar-refractivity contribution is -0.917. The van der Waals surface area contributed by atoms with Crippen molar-refractivity contribution in [1.82, 2.24) is 10.2 Å². The van der Waals surface area contributed by atoms with Crippen LogP contribution in [0.1, 0.15) is 18.4 Å². The molecule has 0 saturated carbocycles. The van der Waals surface area contributed by atoms with Gasteiger partial charge in [-0.25, -0.2) is 0 Å². The largest absolute Gasteiger partial charge is 0.376 e. The zero-order valence-electron chi connectivity index (χ0n) is 15.2. The van der Waals surface area contributed by atoms with Gasteiger partial charge >= 0.3 is 0 Å². The summed E-state index contributed by atoms with van der Waals surface area (Å²) in [5.74, 6) is 0. The molecule has 2 N–H and O–H groups in total. The van der Waals surface area contributed by atoms with Gasteiger partial charge in [0.1, 0.15) is 6.54 Å². The second-order valence-electron chi connectivity index (χ2n) is 7.37. The molecule has 2 aliphatic rings. The average Bonchev–Trinajstić information content (AvgIpc) is 3.21. The standard InChI is InChI=1S/C21H27N3OS/c26-21(22-15-19-8-4-14-25-19)24-12-10-23(11-13-24)16-18-7-3-6-17-5-1-2-9-20(17)18/h1-3,5-7,9,19H,4,8,10-16H2,(H,22,26)/p+1/t19-/m0/s1. The first-order valence-electron chi connectivity index (χ1n) is 9.74. The van der Waals surface area contributed by atoms with E-state index in [1.54, 1.807) is 4.90 Å². The van der Waals surface area contributed by atoms with E-state index in [0.29, 0.717) is 6.10 Å². The Bertz CT molecular complexity index is 747. The van der Waals surface area contributed by atoms with Crippen LogP contribution in [0.15, 0.2) is 42.5 Å². The highest BCUT2D eigenvalue weighted by Gasteiger charge is 2.23. The number of piperazine rings is 1. The molecule has 26 heavy (non-hydrogen) atoms. The first kappa shape index (κ1) is 17.7. The highest BCUT2D eigenvalue weighted by Crippen LogP contribution is 2.17. The van der Waals surface area contributed by atoms with Gasteiger partial charge in [-0.2, -0.15) is 0 Å². The molecule has 4 rings (SSSR count). The van der Waals surface area contributed by atoms with Gasteiger partial charge in [0.25, 0.3) is 0 Å². The molecule has 0 aromatic heterocycles. The van der Waals surface area contributed by atoms with Crippen molar-refractivity contribution >= 4 is 28.1 Å². The maximum absolute atomic E-state index is 5.66. The van der Waals surface area contributed by atoms with Crippen LogP contribution < -0.4 is 10.2 Å². The maximum atomic E-state index is 5.66. The van der Waals surface area contributed by atoms with Crippen molar-refractivity contribution in [3.63, 3.8) is 0 Å². The Labute approximate surface area is 161 Å². The topological polar surface area (TPSA) is 28.9 Å². The normalized spacial score (nSPS) is 21.2. The third kappa shape index (κ3) is 4.17. The van der Waals surface area contributed by atoms with Crippen LogP contribution in [0, 0.1) is 0 Å². The minimum absolute atomic E-state index is 0.339. The van der Waals surface area contributed by atoms with E-state index in [4.69, 9.17) is 17.0 Å². The van der Waals surface area contributed by atoms with Crippen molar-refractivity contribution in [3.8, 4) is 0 Å². The fourth-order valence-electron chi connectivity index (χ4n) is 4.04. The van der Waals surface area contributed by atoms with Gasteiger partial charge in [-0.3, -0.25) is 0 Å². The molecule has 0 spiro atoms. The second-order valence-corrected chi connectivity index (χ2v) is 7.76. The molecule has 4 nitrogen and oxygen atoms in total. The fraction of sp³-hybridized carbons (Fsp3) is 0.476. The van der Waals surface area contributed by atoms with Crippen molar-refractivity contribution < 1.29 is 9.64 Å². The van der Waals surface area contributed by atoms with Crippen LogP contribution in [0.5, 0.6) is 0 Å². The van der Waals surface area contributed by atoms with Crippen molar-refractivity contribution in [2.45, 2.75) is 25.5 Å². The molecule has 0 bridgehead atoms. The lowest BCUT2D eigenvalue weighted by Crippen LogP contribution is -3.13. The van der Waals surface area contributed by atoms with Crippen LogP contribution in [-0.4, -0.2) is 55.4 Å². The smallest absolute Gasteiger partial charge is 0.169 e. The number of rotatable bonds is 4. The van der Waals surface area contributed by atoms with Crippen LogP contribution in [0.4, 0.5) is 0 Å². The van der Waals surface area contributed by atoms with Gasteiger partial charge in [-0.05, 0) is 35.8 Å². The van der Waals surface area contributed by atoms with E-state index >= 15 is 0 Å². The summed E-state index contributed by atoms with van der Waals surface area (Å²) in [6.45, 7) is 7.15. The van der Waals surface area contributed by atoms with Crippen LogP contribution >= 0.6 is 12.2 Å². The molecule has 0 amide bonds. The molecule has 0 aliphatic carbocycles. The number of hydrogen-bond acceptors (Lipinski definition) is 2. The molecule has 1 atom stereocenters.